The molecule has 1 aromatic heterocycles. The Morgan fingerprint density at radius 3 is 2.12 bits per heavy atom. The molecule has 4 aromatic carbocycles. The summed E-state index contributed by atoms with van der Waals surface area (Å²) in [5.41, 5.74) is 3.96. The van der Waals surface area contributed by atoms with Crippen LogP contribution < -0.4 is 0 Å². The first kappa shape index (κ1) is 15.4. The third-order valence-corrected chi connectivity index (χ3v) is 7.14. The van der Waals surface area contributed by atoms with E-state index in [2.05, 4.69) is 102 Å². The largest absolute Gasteiger partial charge is 0.135 e. The maximum atomic E-state index is 2.53. The van der Waals surface area contributed by atoms with Crippen LogP contribution in [0.5, 0.6) is 0 Å². The van der Waals surface area contributed by atoms with Crippen LogP contribution in [0, 0.1) is 10.5 Å². The van der Waals surface area contributed by atoms with E-state index in [1.165, 1.54) is 51.2 Å². The Balaban J connectivity index is 2.07. The molecule has 120 valence electrons. The highest BCUT2D eigenvalue weighted by Gasteiger charge is 2.18. The van der Waals surface area contributed by atoms with Gasteiger partial charge in [0, 0.05) is 34.7 Å². The summed E-state index contributed by atoms with van der Waals surface area (Å²) in [5, 5.41) is 5.46. The molecule has 25 heavy (non-hydrogen) atoms. The second-order valence-corrected chi connectivity index (χ2v) is 8.53. The van der Waals surface area contributed by atoms with Crippen molar-refractivity contribution in [2.75, 3.05) is 0 Å². The number of hydrogen-bond acceptors (Lipinski definition) is 1. The number of hydrogen-bond donors (Lipinski definition) is 0. The highest BCUT2D eigenvalue weighted by Crippen LogP contribution is 2.46. The van der Waals surface area contributed by atoms with Crippen molar-refractivity contribution < 1.29 is 0 Å². The Hall–Kier alpha value is -1.91. The van der Waals surface area contributed by atoms with Gasteiger partial charge >= 0.3 is 0 Å². The lowest BCUT2D eigenvalue weighted by atomic mass is 9.95. The second kappa shape index (κ2) is 5.82. The molecule has 2 heteroatoms. The molecule has 0 N–H and O–H groups in total. The minimum Gasteiger partial charge on any atom is -0.135 e. The minimum atomic E-state index is 1.30. The molecule has 0 aliphatic rings. The fourth-order valence-corrected chi connectivity index (χ4v) is 5.89. The van der Waals surface area contributed by atoms with Crippen molar-refractivity contribution in [1.29, 1.82) is 0 Å². The van der Waals surface area contributed by atoms with Gasteiger partial charge in [0.1, 0.15) is 0 Å². The SMILES string of the molecule is Cc1ccc(-c2c(I)c3ccccc3c3sc4ccccc4c23)cc1. The number of benzene rings is 4. The van der Waals surface area contributed by atoms with Crippen LogP contribution in [-0.4, -0.2) is 0 Å². The third-order valence-electron chi connectivity index (χ3n) is 4.81. The number of rotatable bonds is 1. The van der Waals surface area contributed by atoms with E-state index in [9.17, 15) is 0 Å². The van der Waals surface area contributed by atoms with E-state index in [1.54, 1.807) is 0 Å². The van der Waals surface area contributed by atoms with Crippen molar-refractivity contribution in [3.8, 4) is 11.1 Å². The van der Waals surface area contributed by atoms with E-state index in [0.717, 1.165) is 0 Å². The van der Waals surface area contributed by atoms with Crippen molar-refractivity contribution in [2.45, 2.75) is 6.92 Å². The van der Waals surface area contributed by atoms with Gasteiger partial charge in [-0.25, -0.2) is 0 Å². The van der Waals surface area contributed by atoms with Gasteiger partial charge in [0.2, 0.25) is 0 Å². The highest BCUT2D eigenvalue weighted by atomic mass is 127. The fourth-order valence-electron chi connectivity index (χ4n) is 3.59. The molecule has 0 unspecified atom stereocenters. The number of aryl methyl sites for hydroxylation is 1. The smallest absolute Gasteiger partial charge is 0.0440 e. The lowest BCUT2D eigenvalue weighted by Gasteiger charge is -2.12. The molecule has 0 aliphatic carbocycles. The Morgan fingerprint density at radius 2 is 1.36 bits per heavy atom. The highest BCUT2D eigenvalue weighted by molar-refractivity contribution is 14.1. The van der Waals surface area contributed by atoms with Crippen LogP contribution >= 0.6 is 33.9 Å². The van der Waals surface area contributed by atoms with E-state index in [0.29, 0.717) is 0 Å². The Bertz CT molecular complexity index is 1250. The quantitative estimate of drug-likeness (QED) is 0.229. The van der Waals surface area contributed by atoms with Crippen LogP contribution in [0.2, 0.25) is 0 Å². The second-order valence-electron chi connectivity index (χ2n) is 6.40. The average Bonchev–Trinajstić information content (AvgIpc) is 3.03. The van der Waals surface area contributed by atoms with Gasteiger partial charge in [-0.3, -0.25) is 0 Å². The normalized spacial score (nSPS) is 11.6. The van der Waals surface area contributed by atoms with Crippen LogP contribution in [0.3, 0.4) is 0 Å². The lowest BCUT2D eigenvalue weighted by molar-refractivity contribution is 1.47. The summed E-state index contributed by atoms with van der Waals surface area (Å²) in [5.74, 6) is 0. The summed E-state index contributed by atoms with van der Waals surface area (Å²) in [7, 11) is 0. The number of halogens is 1. The molecule has 0 nitrogen and oxygen atoms in total. The van der Waals surface area contributed by atoms with Gasteiger partial charge < -0.3 is 0 Å². The van der Waals surface area contributed by atoms with Crippen LogP contribution in [0.15, 0.2) is 72.8 Å². The first-order valence-corrected chi connectivity index (χ1v) is 10.2. The predicted octanol–water partition coefficient (Wildman–Crippen LogP) is 7.79. The zero-order valence-electron chi connectivity index (χ0n) is 13.7. The van der Waals surface area contributed by atoms with Gasteiger partial charge in [-0.2, -0.15) is 0 Å². The van der Waals surface area contributed by atoms with E-state index in [4.69, 9.17) is 0 Å². The average molecular weight is 450 g/mol. The zero-order valence-corrected chi connectivity index (χ0v) is 16.7. The Labute approximate surface area is 164 Å². The van der Waals surface area contributed by atoms with Crippen molar-refractivity contribution in [3.05, 3.63) is 81.9 Å². The molecule has 0 atom stereocenters. The summed E-state index contributed by atoms with van der Waals surface area (Å²) in [4.78, 5) is 0. The van der Waals surface area contributed by atoms with Crippen LogP contribution in [0.25, 0.3) is 42.1 Å². The monoisotopic (exact) mass is 450 g/mol. The summed E-state index contributed by atoms with van der Waals surface area (Å²) < 4.78 is 4.10. The molecule has 0 fully saturated rings. The molecular weight excluding hydrogens is 435 g/mol. The van der Waals surface area contributed by atoms with Gasteiger partial charge in [0.25, 0.3) is 0 Å². The first-order chi connectivity index (χ1) is 12.2. The molecule has 0 aliphatic heterocycles. The van der Waals surface area contributed by atoms with Gasteiger partial charge in [0.05, 0.1) is 0 Å². The summed E-state index contributed by atoms with van der Waals surface area (Å²) in [6.45, 7) is 2.14. The van der Waals surface area contributed by atoms with Crippen LogP contribution in [-0.2, 0) is 0 Å². The van der Waals surface area contributed by atoms with Gasteiger partial charge in [-0.1, -0.05) is 72.3 Å². The van der Waals surface area contributed by atoms with E-state index < -0.39 is 0 Å². The summed E-state index contributed by atoms with van der Waals surface area (Å²) in [6.07, 6.45) is 0. The molecule has 1 heterocycles. The number of fused-ring (bicyclic) bond motifs is 5. The number of thiophene rings is 1. The zero-order chi connectivity index (χ0) is 17.0. The van der Waals surface area contributed by atoms with Gasteiger partial charge in [-0.05, 0) is 46.5 Å². The van der Waals surface area contributed by atoms with Crippen LogP contribution in [0.1, 0.15) is 5.56 Å². The van der Waals surface area contributed by atoms with E-state index in [1.807, 2.05) is 11.3 Å². The first-order valence-electron chi connectivity index (χ1n) is 8.32. The minimum absolute atomic E-state index is 1.30. The van der Waals surface area contributed by atoms with Crippen LogP contribution in [0.4, 0.5) is 0 Å². The molecule has 0 bridgehead atoms. The third kappa shape index (κ3) is 2.31. The lowest BCUT2D eigenvalue weighted by Crippen LogP contribution is -1.88. The molecular formula is C23H15IS. The maximum absolute atomic E-state index is 2.53. The molecule has 0 saturated carbocycles. The predicted molar refractivity (Wildman–Crippen MR) is 120 cm³/mol. The van der Waals surface area contributed by atoms with Crippen molar-refractivity contribution >= 4 is 64.9 Å². The van der Waals surface area contributed by atoms with Gasteiger partial charge in [0.15, 0.2) is 0 Å². The molecule has 0 radical (unpaired) electrons. The molecule has 0 amide bonds. The van der Waals surface area contributed by atoms with Crippen molar-refractivity contribution in [2.24, 2.45) is 0 Å². The molecule has 5 rings (SSSR count). The van der Waals surface area contributed by atoms with E-state index in [-0.39, 0.29) is 0 Å². The summed E-state index contributed by atoms with van der Waals surface area (Å²) in [6, 6.07) is 26.5. The van der Waals surface area contributed by atoms with Crippen molar-refractivity contribution in [1.82, 2.24) is 0 Å². The molecule has 5 aromatic rings. The molecule has 0 saturated heterocycles. The molecule has 0 spiro atoms. The Morgan fingerprint density at radius 1 is 0.720 bits per heavy atom. The fraction of sp³-hybridized carbons (Fsp3) is 0.0435. The van der Waals surface area contributed by atoms with Crippen molar-refractivity contribution in [3.63, 3.8) is 0 Å². The Kier molecular flexibility index (Phi) is 3.57. The van der Waals surface area contributed by atoms with E-state index >= 15 is 0 Å². The standard InChI is InChI=1S/C23H15IS/c1-14-10-12-15(13-11-14)20-21-18-8-4-5-9-19(18)25-23(21)17-7-3-2-6-16(17)22(20)24/h2-13H,1H3. The van der Waals surface area contributed by atoms with Gasteiger partial charge in [-0.15, -0.1) is 11.3 Å². The topological polar surface area (TPSA) is 0 Å². The summed E-state index contributed by atoms with van der Waals surface area (Å²) >= 11 is 4.44. The maximum Gasteiger partial charge on any atom is 0.0440 e.